The second-order valence-electron chi connectivity index (χ2n) is 9.35. The van der Waals surface area contributed by atoms with Crippen molar-refractivity contribution < 1.29 is 51.7 Å². The summed E-state index contributed by atoms with van der Waals surface area (Å²) in [6, 6.07) is -1.40. The maximum absolute atomic E-state index is 12.8. The molecule has 2 amide bonds. The molecule has 3 N–H and O–H groups in total. The van der Waals surface area contributed by atoms with E-state index in [2.05, 4.69) is 17.2 Å². The summed E-state index contributed by atoms with van der Waals surface area (Å²) in [5.74, 6) is -0.000539. The van der Waals surface area contributed by atoms with Gasteiger partial charge in [-0.05, 0) is 44.4 Å². The molecule has 222 valence electrons. The molecule has 2 unspecified atom stereocenters. The third-order valence-corrected chi connectivity index (χ3v) is 8.65. The van der Waals surface area contributed by atoms with E-state index in [9.17, 15) is 33.6 Å². The van der Waals surface area contributed by atoms with E-state index in [1.807, 2.05) is 0 Å². The monoisotopic (exact) mass is 603 g/mol. The normalized spacial score (nSPS) is 26.9. The predicted octanol–water partition coefficient (Wildman–Crippen LogP) is -0.220. The Kier molecular flexibility index (Phi) is 14.2. The number of carbonyl (C=O) groups is 2. The summed E-state index contributed by atoms with van der Waals surface area (Å²) < 4.78 is 43.6. The van der Waals surface area contributed by atoms with Gasteiger partial charge in [-0.15, -0.1) is 0 Å². The Labute approximate surface area is 228 Å². The summed E-state index contributed by atoms with van der Waals surface area (Å²) in [6.45, 7) is -0.329. The average Bonchev–Trinajstić information content (AvgIpc) is 3.45. The van der Waals surface area contributed by atoms with Crippen LogP contribution in [0.2, 0.25) is 0 Å². The largest absolute Gasteiger partial charge is 0.756 e. The molecule has 0 spiro atoms. The minimum absolute atomic E-state index is 0.00960. The fourth-order valence-electron chi connectivity index (χ4n) is 4.50. The molecule has 6 atom stereocenters. The number of likely N-dealkylation sites (tertiary alicyclic amines) is 2. The lowest BCUT2D eigenvalue weighted by atomic mass is 10.1. The van der Waals surface area contributed by atoms with Gasteiger partial charge in [0, 0.05) is 33.0 Å². The highest BCUT2D eigenvalue weighted by molar-refractivity contribution is 7.80. The number of aliphatic hydroxyl groups is 1. The van der Waals surface area contributed by atoms with Gasteiger partial charge in [0.05, 0.1) is 37.5 Å². The summed E-state index contributed by atoms with van der Waals surface area (Å²) in [5, 5.41) is 9.98. The van der Waals surface area contributed by atoms with Gasteiger partial charge in [-0.25, -0.2) is 0 Å². The lowest BCUT2D eigenvalue weighted by Gasteiger charge is -2.30. The molecule has 14 nitrogen and oxygen atoms in total. The second-order valence-corrected chi connectivity index (χ2v) is 12.7. The van der Waals surface area contributed by atoms with E-state index in [1.54, 1.807) is 0 Å². The first-order chi connectivity index (χ1) is 17.9. The molecule has 38 heavy (non-hydrogen) atoms. The molecule has 2 rings (SSSR count). The van der Waals surface area contributed by atoms with Crippen molar-refractivity contribution in [3.63, 3.8) is 0 Å². The number of nitrogens with two attached hydrogens (primary N) is 1. The molecule has 2 heterocycles. The third-order valence-electron chi connectivity index (χ3n) is 6.40. The van der Waals surface area contributed by atoms with E-state index in [4.69, 9.17) is 19.3 Å². The van der Waals surface area contributed by atoms with Crippen LogP contribution in [0.1, 0.15) is 51.4 Å². The van der Waals surface area contributed by atoms with Gasteiger partial charge in [0.15, 0.2) is 0 Å². The topological polar surface area (TPSA) is 204 Å². The number of aliphatic hydroxyl groups excluding tert-OH is 1. The SMILES string of the molecule is COP(=O)([O-])OC[C@@H]1C[C@@H](OP(=O)([O-])OC[C@@H]2C[C@@H](O)CN2C(=O)CCCS)CN1C(=O)CCCCCN. The van der Waals surface area contributed by atoms with Crippen LogP contribution in [-0.2, 0) is 36.8 Å². The molecule has 0 aromatic rings. The van der Waals surface area contributed by atoms with Crippen molar-refractivity contribution in [2.45, 2.75) is 75.7 Å². The standard InChI is InChI=1S/C21H41N3O11P2S/c1-32-36(28,29)33-15-17-11-19(13-24(17)20(26)6-3-2-4-8-22)35-37(30,31)34-14-16-10-18(25)12-23(16)21(27)7-5-9-38/h16-19,25,38H,2-15,22H2,1H3,(H,28,29)(H,30,31)/p-2/t16-,17-,18+,19+/m0/s1. The average molecular weight is 604 g/mol. The van der Waals surface area contributed by atoms with Gasteiger partial charge in [0.2, 0.25) is 11.8 Å². The Balaban J connectivity index is 1.97. The Morgan fingerprint density at radius 2 is 1.53 bits per heavy atom. The van der Waals surface area contributed by atoms with Crippen LogP contribution in [0.3, 0.4) is 0 Å². The van der Waals surface area contributed by atoms with Crippen LogP contribution in [0.15, 0.2) is 0 Å². The van der Waals surface area contributed by atoms with Gasteiger partial charge in [-0.3, -0.25) is 18.7 Å². The Hall–Kier alpha value is -0.570. The molecule has 2 aliphatic rings. The van der Waals surface area contributed by atoms with Gasteiger partial charge < -0.3 is 48.5 Å². The molecule has 0 saturated carbocycles. The highest BCUT2D eigenvalue weighted by atomic mass is 32.1. The summed E-state index contributed by atoms with van der Waals surface area (Å²) in [7, 11) is -8.50. The molecule has 0 aliphatic carbocycles. The molecule has 2 saturated heterocycles. The second kappa shape index (κ2) is 16.0. The Morgan fingerprint density at radius 1 is 0.947 bits per heavy atom. The number of hydrogen-bond donors (Lipinski definition) is 3. The van der Waals surface area contributed by atoms with Crippen LogP contribution in [0.4, 0.5) is 0 Å². The van der Waals surface area contributed by atoms with Gasteiger partial charge in [0.25, 0.3) is 15.6 Å². The molecule has 0 aromatic heterocycles. The fraction of sp³-hybridized carbons (Fsp3) is 0.905. The van der Waals surface area contributed by atoms with Crippen LogP contribution in [-0.4, -0.2) is 96.7 Å². The third kappa shape index (κ3) is 11.1. The van der Waals surface area contributed by atoms with Crippen molar-refractivity contribution in [2.24, 2.45) is 5.73 Å². The molecule has 0 aromatic carbocycles. The molecule has 17 heteroatoms. The zero-order valence-corrected chi connectivity index (χ0v) is 24.2. The lowest BCUT2D eigenvalue weighted by molar-refractivity contribution is -0.230. The van der Waals surface area contributed by atoms with Gasteiger partial charge in [-0.2, -0.15) is 12.6 Å². The number of phosphoric ester groups is 2. The van der Waals surface area contributed by atoms with Crippen molar-refractivity contribution in [1.82, 2.24) is 9.80 Å². The van der Waals surface area contributed by atoms with E-state index in [0.717, 1.165) is 20.0 Å². The van der Waals surface area contributed by atoms with E-state index in [0.29, 0.717) is 25.1 Å². The zero-order chi connectivity index (χ0) is 28.3. The number of nitrogens with zero attached hydrogens (tertiary/aromatic N) is 2. The number of thiol groups is 1. The summed E-state index contributed by atoms with van der Waals surface area (Å²) in [6.07, 6.45) is 1.39. The van der Waals surface area contributed by atoms with Crippen LogP contribution >= 0.6 is 28.3 Å². The minimum atomic E-state index is -4.88. The number of rotatable bonds is 17. The smallest absolute Gasteiger partial charge is 0.268 e. The number of carbonyl (C=O) groups excluding carboxylic acids is 2. The predicted molar refractivity (Wildman–Crippen MR) is 136 cm³/mol. The van der Waals surface area contributed by atoms with Crippen LogP contribution in [0.5, 0.6) is 0 Å². The molecule has 2 aliphatic heterocycles. The van der Waals surface area contributed by atoms with Crippen molar-refractivity contribution in [2.75, 3.05) is 45.7 Å². The quantitative estimate of drug-likeness (QED) is 0.112. The molecule has 0 radical (unpaired) electrons. The summed E-state index contributed by atoms with van der Waals surface area (Å²) in [4.78, 5) is 52.2. The van der Waals surface area contributed by atoms with Crippen molar-refractivity contribution >= 4 is 40.1 Å². The Bertz CT molecular complexity index is 870. The number of unbranched alkanes of at least 4 members (excludes halogenated alkanes) is 2. The number of β-amino-alcohol motifs (C(OH)–C–C–N with tert-alkyl or cyclic N) is 1. The first-order valence-corrected chi connectivity index (χ1v) is 16.2. The molecular weight excluding hydrogens is 564 g/mol. The molecule has 0 bridgehead atoms. The molecular formula is C21H39N3O11P2S-2. The van der Waals surface area contributed by atoms with Crippen LogP contribution < -0.4 is 15.5 Å². The van der Waals surface area contributed by atoms with Crippen molar-refractivity contribution in [3.05, 3.63) is 0 Å². The van der Waals surface area contributed by atoms with Gasteiger partial charge in [-0.1, -0.05) is 6.42 Å². The van der Waals surface area contributed by atoms with Gasteiger partial charge >= 0.3 is 0 Å². The maximum Gasteiger partial charge on any atom is 0.268 e. The highest BCUT2D eigenvalue weighted by Crippen LogP contribution is 2.44. The first-order valence-electron chi connectivity index (χ1n) is 12.6. The van der Waals surface area contributed by atoms with E-state index in [-0.39, 0.29) is 57.2 Å². The fourth-order valence-corrected chi connectivity index (χ4v) is 6.06. The summed E-state index contributed by atoms with van der Waals surface area (Å²) >= 11 is 4.08. The Morgan fingerprint density at radius 3 is 2.13 bits per heavy atom. The van der Waals surface area contributed by atoms with Crippen molar-refractivity contribution in [1.29, 1.82) is 0 Å². The van der Waals surface area contributed by atoms with E-state index >= 15 is 0 Å². The number of hydrogen-bond acceptors (Lipinski definition) is 13. The van der Waals surface area contributed by atoms with Crippen molar-refractivity contribution in [3.8, 4) is 0 Å². The zero-order valence-electron chi connectivity index (χ0n) is 21.6. The highest BCUT2D eigenvalue weighted by Gasteiger charge is 2.39. The van der Waals surface area contributed by atoms with Gasteiger partial charge in [0.1, 0.15) is 0 Å². The van der Waals surface area contributed by atoms with Crippen LogP contribution in [0.25, 0.3) is 0 Å². The lowest BCUT2D eigenvalue weighted by Crippen LogP contribution is -2.39. The number of phosphoric acid groups is 2. The maximum atomic E-state index is 12.8. The number of amides is 2. The summed E-state index contributed by atoms with van der Waals surface area (Å²) in [5.41, 5.74) is 5.47. The van der Waals surface area contributed by atoms with E-state index < -0.39 is 46.5 Å². The van der Waals surface area contributed by atoms with Crippen LogP contribution in [0, 0.1) is 0 Å². The molecule has 2 fully saturated rings. The van der Waals surface area contributed by atoms with E-state index in [1.165, 1.54) is 9.80 Å². The first kappa shape index (κ1) is 33.6. The minimum Gasteiger partial charge on any atom is -0.756 e.